The third-order valence-corrected chi connectivity index (χ3v) is 8.78. The predicted molar refractivity (Wildman–Crippen MR) is 168 cm³/mol. The number of carbonyl (C=O) groups excluding carboxylic acids is 2. The van der Waals surface area contributed by atoms with Gasteiger partial charge in [0.25, 0.3) is 5.91 Å². The van der Waals surface area contributed by atoms with Gasteiger partial charge in [0.1, 0.15) is 0 Å². The van der Waals surface area contributed by atoms with Gasteiger partial charge in [-0.2, -0.15) is 5.10 Å². The third kappa shape index (κ3) is 6.45. The van der Waals surface area contributed by atoms with Crippen LogP contribution in [0.1, 0.15) is 64.2 Å². The Morgan fingerprint density at radius 2 is 1.90 bits per heavy atom. The van der Waals surface area contributed by atoms with Crippen molar-refractivity contribution in [2.45, 2.75) is 58.8 Å². The van der Waals surface area contributed by atoms with Gasteiger partial charge in [-0.25, -0.2) is 9.67 Å². The molecule has 220 valence electrons. The van der Waals surface area contributed by atoms with E-state index in [9.17, 15) is 9.59 Å². The SMILES string of the molecule is CCc1nc2c(cnn2CC)c(NC2CCOCC2)c1CN(Cc1ccc(Cl)c(Br)c1)C(=O)c1cccc(C(N)=O)c1. The maximum absolute atomic E-state index is 14.2. The Kier molecular flexibility index (Phi) is 9.45. The van der Waals surface area contributed by atoms with Gasteiger partial charge in [0, 0.05) is 59.2 Å². The number of aryl methyl sites for hydroxylation is 2. The Morgan fingerprint density at radius 3 is 2.60 bits per heavy atom. The number of fused-ring (bicyclic) bond motifs is 1. The van der Waals surface area contributed by atoms with Gasteiger partial charge in [0.2, 0.25) is 5.91 Å². The lowest BCUT2D eigenvalue weighted by molar-refractivity contribution is 0.0729. The molecule has 42 heavy (non-hydrogen) atoms. The predicted octanol–water partition coefficient (Wildman–Crippen LogP) is 5.96. The molecule has 0 atom stereocenters. The normalized spacial score (nSPS) is 13.8. The van der Waals surface area contributed by atoms with Crippen molar-refractivity contribution < 1.29 is 14.3 Å². The van der Waals surface area contributed by atoms with E-state index in [1.807, 2.05) is 29.9 Å². The van der Waals surface area contributed by atoms with E-state index >= 15 is 0 Å². The molecule has 3 N–H and O–H groups in total. The molecule has 3 heterocycles. The minimum Gasteiger partial charge on any atom is -0.381 e. The zero-order valence-electron chi connectivity index (χ0n) is 23.7. The molecule has 0 saturated carbocycles. The number of carbonyl (C=O) groups is 2. The Labute approximate surface area is 258 Å². The van der Waals surface area contributed by atoms with E-state index < -0.39 is 5.91 Å². The number of aromatic nitrogens is 3. The zero-order chi connectivity index (χ0) is 29.8. The second-order valence-corrected chi connectivity index (χ2v) is 11.6. The van der Waals surface area contributed by atoms with E-state index in [-0.39, 0.29) is 24.1 Å². The van der Waals surface area contributed by atoms with E-state index in [0.717, 1.165) is 50.9 Å². The number of pyridine rings is 1. The van der Waals surface area contributed by atoms with Crippen LogP contribution in [0.5, 0.6) is 0 Å². The fraction of sp³-hybridized carbons (Fsp3) is 0.355. The van der Waals surface area contributed by atoms with Crippen LogP contribution in [0.4, 0.5) is 5.69 Å². The first-order valence-corrected chi connectivity index (χ1v) is 15.3. The summed E-state index contributed by atoms with van der Waals surface area (Å²) in [6.07, 6.45) is 4.30. The van der Waals surface area contributed by atoms with Crippen molar-refractivity contribution in [2.24, 2.45) is 5.73 Å². The largest absolute Gasteiger partial charge is 0.381 e. The van der Waals surface area contributed by atoms with Crippen molar-refractivity contribution in [1.82, 2.24) is 19.7 Å². The van der Waals surface area contributed by atoms with Gasteiger partial charge in [-0.1, -0.05) is 30.7 Å². The summed E-state index contributed by atoms with van der Waals surface area (Å²) in [7, 11) is 0. The summed E-state index contributed by atoms with van der Waals surface area (Å²) in [5.74, 6) is -0.816. The Morgan fingerprint density at radius 1 is 1.14 bits per heavy atom. The standard InChI is InChI=1S/C31H34BrClN6O3/c1-3-27-24(28(36-22-10-12-42-13-11-22)23-16-35-39(4-2)30(23)37-27)18-38(17-19-8-9-26(33)25(32)14-19)31(41)21-7-5-6-20(15-21)29(34)40/h5-9,14-16,22H,3-4,10-13,17-18H2,1-2H3,(H2,34,40)(H,36,37). The van der Waals surface area contributed by atoms with Crippen molar-refractivity contribution in [2.75, 3.05) is 18.5 Å². The fourth-order valence-electron chi connectivity index (χ4n) is 5.32. The van der Waals surface area contributed by atoms with Crippen LogP contribution in [0, 0.1) is 0 Å². The summed E-state index contributed by atoms with van der Waals surface area (Å²) in [6.45, 7) is 6.80. The first kappa shape index (κ1) is 30.0. The number of hydrogen-bond donors (Lipinski definition) is 2. The number of nitrogens with two attached hydrogens (primary N) is 1. The van der Waals surface area contributed by atoms with Crippen molar-refractivity contribution in [3.05, 3.63) is 86.1 Å². The summed E-state index contributed by atoms with van der Waals surface area (Å²) in [6, 6.07) is 12.4. The first-order valence-electron chi connectivity index (χ1n) is 14.1. The molecule has 4 aromatic rings. The number of rotatable bonds is 10. The van der Waals surface area contributed by atoms with Crippen LogP contribution in [0.25, 0.3) is 11.0 Å². The van der Waals surface area contributed by atoms with Crippen molar-refractivity contribution in [3.63, 3.8) is 0 Å². The highest BCUT2D eigenvalue weighted by molar-refractivity contribution is 9.10. The number of nitrogens with one attached hydrogen (secondary N) is 1. The lowest BCUT2D eigenvalue weighted by Gasteiger charge is -2.29. The first-order chi connectivity index (χ1) is 20.3. The molecular weight excluding hydrogens is 620 g/mol. The van der Waals surface area contributed by atoms with Gasteiger partial charge < -0.3 is 20.7 Å². The minimum absolute atomic E-state index is 0.224. The average molecular weight is 654 g/mol. The molecule has 1 aliphatic rings. The Bertz CT molecular complexity index is 1620. The molecule has 2 amide bonds. The lowest BCUT2D eigenvalue weighted by atomic mass is 10.0. The summed E-state index contributed by atoms with van der Waals surface area (Å²) >= 11 is 9.78. The highest BCUT2D eigenvalue weighted by Crippen LogP contribution is 2.33. The van der Waals surface area contributed by atoms with Crippen LogP contribution in [-0.2, 0) is 30.8 Å². The highest BCUT2D eigenvalue weighted by Gasteiger charge is 2.26. The maximum atomic E-state index is 14.2. The van der Waals surface area contributed by atoms with Gasteiger partial charge in [0.15, 0.2) is 5.65 Å². The van der Waals surface area contributed by atoms with E-state index in [0.29, 0.717) is 43.3 Å². The zero-order valence-corrected chi connectivity index (χ0v) is 26.0. The second-order valence-electron chi connectivity index (χ2n) is 10.3. The monoisotopic (exact) mass is 652 g/mol. The molecule has 5 rings (SSSR count). The van der Waals surface area contributed by atoms with Crippen LogP contribution in [0.3, 0.4) is 0 Å². The number of anilines is 1. The molecule has 11 heteroatoms. The molecule has 0 spiro atoms. The molecule has 0 unspecified atom stereocenters. The van der Waals surface area contributed by atoms with Gasteiger partial charge in [0.05, 0.1) is 28.8 Å². The number of hydrogen-bond acceptors (Lipinski definition) is 6. The summed E-state index contributed by atoms with van der Waals surface area (Å²) in [5.41, 5.74) is 10.7. The van der Waals surface area contributed by atoms with Crippen molar-refractivity contribution in [1.29, 1.82) is 0 Å². The van der Waals surface area contributed by atoms with Crippen LogP contribution in [-0.4, -0.2) is 50.7 Å². The molecule has 1 fully saturated rings. The summed E-state index contributed by atoms with van der Waals surface area (Å²) < 4.78 is 8.26. The summed E-state index contributed by atoms with van der Waals surface area (Å²) in [4.78, 5) is 32.9. The second kappa shape index (κ2) is 13.2. The Hall–Kier alpha value is -3.47. The van der Waals surface area contributed by atoms with Crippen molar-refractivity contribution in [3.8, 4) is 0 Å². The molecule has 1 aliphatic heterocycles. The van der Waals surface area contributed by atoms with Gasteiger partial charge in [-0.3, -0.25) is 9.59 Å². The summed E-state index contributed by atoms with van der Waals surface area (Å²) in [5, 5.41) is 9.91. The van der Waals surface area contributed by atoms with Crippen LogP contribution >= 0.6 is 27.5 Å². The molecule has 0 radical (unpaired) electrons. The van der Waals surface area contributed by atoms with Gasteiger partial charge >= 0.3 is 0 Å². The van der Waals surface area contributed by atoms with Crippen LogP contribution in [0.2, 0.25) is 5.02 Å². The topological polar surface area (TPSA) is 115 Å². The Balaban J connectivity index is 1.62. The number of ether oxygens (including phenoxy) is 1. The minimum atomic E-state index is -0.586. The van der Waals surface area contributed by atoms with E-state index in [1.54, 1.807) is 35.2 Å². The molecule has 2 aromatic carbocycles. The van der Waals surface area contributed by atoms with Crippen LogP contribution < -0.4 is 11.1 Å². The molecule has 0 bridgehead atoms. The fourth-order valence-corrected chi connectivity index (χ4v) is 5.86. The molecule has 9 nitrogen and oxygen atoms in total. The number of benzene rings is 2. The third-order valence-electron chi connectivity index (χ3n) is 7.56. The smallest absolute Gasteiger partial charge is 0.254 e. The molecule has 1 saturated heterocycles. The number of amides is 2. The molecule has 2 aromatic heterocycles. The van der Waals surface area contributed by atoms with E-state index in [1.165, 1.54) is 0 Å². The van der Waals surface area contributed by atoms with E-state index in [4.69, 9.17) is 27.1 Å². The van der Waals surface area contributed by atoms with E-state index in [2.05, 4.69) is 33.3 Å². The lowest BCUT2D eigenvalue weighted by Crippen LogP contribution is -2.33. The van der Waals surface area contributed by atoms with Crippen molar-refractivity contribution >= 4 is 56.1 Å². The number of halogens is 2. The molecular formula is C31H34BrClN6O3. The van der Waals surface area contributed by atoms with Crippen LogP contribution in [0.15, 0.2) is 53.1 Å². The maximum Gasteiger partial charge on any atom is 0.254 e. The molecule has 0 aliphatic carbocycles. The average Bonchev–Trinajstić information content (AvgIpc) is 3.42. The quantitative estimate of drug-likeness (QED) is 0.218. The number of primary amides is 1. The number of nitrogens with zero attached hydrogens (tertiary/aromatic N) is 4. The van der Waals surface area contributed by atoms with Gasteiger partial charge in [-0.15, -0.1) is 0 Å². The highest BCUT2D eigenvalue weighted by atomic mass is 79.9. The van der Waals surface area contributed by atoms with Gasteiger partial charge in [-0.05, 0) is 78.0 Å².